The number of carboxylic acid groups (broad SMARTS) is 1. The van der Waals surface area contributed by atoms with Crippen LogP contribution in [0.4, 0.5) is 0 Å². The lowest BCUT2D eigenvalue weighted by atomic mass is 10.1. The average Bonchev–Trinajstić information content (AvgIpc) is 2.38. The van der Waals surface area contributed by atoms with Gasteiger partial charge in [0, 0.05) is 11.6 Å². The predicted octanol–water partition coefficient (Wildman–Crippen LogP) is 1.21. The predicted molar refractivity (Wildman–Crippen MR) is 66.8 cm³/mol. The minimum atomic E-state index is -1.29. The molecule has 0 amide bonds. The molecule has 0 aliphatic rings. The van der Waals surface area contributed by atoms with Gasteiger partial charge in [-0.05, 0) is 24.1 Å². The van der Waals surface area contributed by atoms with Crippen molar-refractivity contribution < 1.29 is 15.0 Å². The van der Waals surface area contributed by atoms with Crippen LogP contribution in [0, 0.1) is 0 Å². The van der Waals surface area contributed by atoms with E-state index in [2.05, 4.69) is 0 Å². The Morgan fingerprint density at radius 2 is 2.11 bits per heavy atom. The summed E-state index contributed by atoms with van der Waals surface area (Å²) in [4.78, 5) is 23.0. The van der Waals surface area contributed by atoms with Gasteiger partial charge in [0.05, 0.1) is 5.52 Å². The van der Waals surface area contributed by atoms with Gasteiger partial charge >= 0.3 is 5.97 Å². The van der Waals surface area contributed by atoms with E-state index in [9.17, 15) is 14.7 Å². The van der Waals surface area contributed by atoms with Crippen LogP contribution in [-0.4, -0.2) is 20.7 Å². The third kappa shape index (κ3) is 1.89. The van der Waals surface area contributed by atoms with Crippen molar-refractivity contribution in [3.63, 3.8) is 0 Å². The van der Waals surface area contributed by atoms with Crippen LogP contribution in [0.1, 0.15) is 22.8 Å². The molecule has 2 N–H and O–H groups in total. The Bertz CT molecular complexity index is 672. The number of aromatic carboxylic acids is 1. The quantitative estimate of drug-likeness (QED) is 0.854. The number of hydrogen-bond acceptors (Lipinski definition) is 3. The van der Waals surface area contributed by atoms with E-state index in [1.807, 2.05) is 13.0 Å². The van der Waals surface area contributed by atoms with Gasteiger partial charge in [0.2, 0.25) is 5.43 Å². The van der Waals surface area contributed by atoms with Crippen LogP contribution >= 0.6 is 0 Å². The van der Waals surface area contributed by atoms with Crippen molar-refractivity contribution >= 4 is 16.9 Å². The molecule has 0 atom stereocenters. The number of aryl methyl sites for hydroxylation is 1. The first-order valence-corrected chi connectivity index (χ1v) is 5.58. The standard InChI is InChI=1S/C13H13NO4/c1-2-8-3-4-11-9(5-8)12(16)10(13(17)18)6-14(11)7-15/h3-6,15H,2,7H2,1H3,(H,17,18). The number of aliphatic hydroxyl groups is 1. The Morgan fingerprint density at radius 3 is 2.67 bits per heavy atom. The van der Waals surface area contributed by atoms with Gasteiger partial charge in [-0.3, -0.25) is 4.79 Å². The number of hydrogen-bond donors (Lipinski definition) is 2. The molecule has 1 aromatic carbocycles. The number of carbonyl (C=O) groups is 1. The number of aliphatic hydroxyl groups excluding tert-OH is 1. The van der Waals surface area contributed by atoms with E-state index in [0.717, 1.165) is 12.0 Å². The van der Waals surface area contributed by atoms with Crippen LogP contribution in [0.2, 0.25) is 0 Å². The Balaban J connectivity index is 2.90. The molecule has 18 heavy (non-hydrogen) atoms. The van der Waals surface area contributed by atoms with E-state index in [1.54, 1.807) is 12.1 Å². The minimum absolute atomic E-state index is 0.323. The summed E-state index contributed by atoms with van der Waals surface area (Å²) in [5.41, 5.74) is 0.638. The second-order valence-corrected chi connectivity index (χ2v) is 3.99. The molecule has 0 aliphatic heterocycles. The highest BCUT2D eigenvalue weighted by atomic mass is 16.4. The van der Waals surface area contributed by atoms with Gasteiger partial charge in [0.25, 0.3) is 0 Å². The highest BCUT2D eigenvalue weighted by molar-refractivity contribution is 5.92. The van der Waals surface area contributed by atoms with Crippen molar-refractivity contribution in [3.05, 3.63) is 45.7 Å². The van der Waals surface area contributed by atoms with Gasteiger partial charge in [-0.15, -0.1) is 0 Å². The second kappa shape index (κ2) is 4.62. The summed E-state index contributed by atoms with van der Waals surface area (Å²) >= 11 is 0. The molecular formula is C13H13NO4. The lowest BCUT2D eigenvalue weighted by Gasteiger charge is -2.10. The van der Waals surface area contributed by atoms with E-state index in [0.29, 0.717) is 10.9 Å². The Labute approximate surface area is 103 Å². The number of fused-ring (bicyclic) bond motifs is 1. The maximum atomic E-state index is 12.0. The maximum Gasteiger partial charge on any atom is 0.341 e. The maximum absolute atomic E-state index is 12.0. The topological polar surface area (TPSA) is 79.5 Å². The highest BCUT2D eigenvalue weighted by Crippen LogP contribution is 2.14. The summed E-state index contributed by atoms with van der Waals surface area (Å²) in [6.07, 6.45) is 1.92. The largest absolute Gasteiger partial charge is 0.477 e. The van der Waals surface area contributed by atoms with Crippen LogP contribution in [0.3, 0.4) is 0 Å². The van der Waals surface area contributed by atoms with Crippen molar-refractivity contribution in [3.8, 4) is 0 Å². The molecule has 0 radical (unpaired) electrons. The van der Waals surface area contributed by atoms with Crippen LogP contribution in [0.5, 0.6) is 0 Å². The molecule has 0 bridgehead atoms. The molecule has 0 saturated heterocycles. The van der Waals surface area contributed by atoms with Gasteiger partial charge in [-0.2, -0.15) is 0 Å². The van der Waals surface area contributed by atoms with Crippen LogP contribution in [0.15, 0.2) is 29.2 Å². The molecule has 5 nitrogen and oxygen atoms in total. The number of carboxylic acids is 1. The zero-order valence-corrected chi connectivity index (χ0v) is 9.88. The molecule has 1 aromatic heterocycles. The minimum Gasteiger partial charge on any atom is -0.477 e. The zero-order valence-electron chi connectivity index (χ0n) is 9.88. The van der Waals surface area contributed by atoms with Gasteiger partial charge in [-0.25, -0.2) is 4.79 Å². The van der Waals surface area contributed by atoms with Crippen molar-refractivity contribution in [2.24, 2.45) is 0 Å². The summed E-state index contributed by atoms with van der Waals surface area (Å²) in [5, 5.41) is 18.5. The molecule has 2 rings (SSSR count). The summed E-state index contributed by atoms with van der Waals surface area (Å²) in [5.74, 6) is -1.29. The Kier molecular flexibility index (Phi) is 3.16. The van der Waals surface area contributed by atoms with Crippen LogP contribution < -0.4 is 5.43 Å². The third-order valence-electron chi connectivity index (χ3n) is 2.94. The monoisotopic (exact) mass is 247 g/mol. The Morgan fingerprint density at radius 1 is 1.39 bits per heavy atom. The molecule has 1 heterocycles. The molecule has 0 spiro atoms. The summed E-state index contributed by atoms with van der Waals surface area (Å²) in [6.45, 7) is 1.58. The lowest BCUT2D eigenvalue weighted by Crippen LogP contribution is -2.19. The molecule has 0 unspecified atom stereocenters. The number of aromatic nitrogens is 1. The fourth-order valence-electron chi connectivity index (χ4n) is 1.93. The van der Waals surface area contributed by atoms with Gasteiger partial charge < -0.3 is 14.8 Å². The number of nitrogens with zero attached hydrogens (tertiary/aromatic N) is 1. The molecular weight excluding hydrogens is 234 g/mol. The number of benzene rings is 1. The highest BCUT2D eigenvalue weighted by Gasteiger charge is 2.14. The van der Waals surface area contributed by atoms with E-state index < -0.39 is 11.4 Å². The lowest BCUT2D eigenvalue weighted by molar-refractivity contribution is 0.0694. The summed E-state index contributed by atoms with van der Waals surface area (Å²) < 4.78 is 1.35. The number of pyridine rings is 1. The summed E-state index contributed by atoms with van der Waals surface area (Å²) in [7, 11) is 0. The first kappa shape index (κ1) is 12.3. The number of rotatable bonds is 3. The third-order valence-corrected chi connectivity index (χ3v) is 2.94. The van der Waals surface area contributed by atoms with E-state index in [1.165, 1.54) is 10.8 Å². The SMILES string of the molecule is CCc1ccc2c(c1)c(=O)c(C(=O)O)cn2CO. The van der Waals surface area contributed by atoms with Crippen LogP contribution in [-0.2, 0) is 13.2 Å². The zero-order chi connectivity index (χ0) is 13.3. The molecule has 0 aliphatic carbocycles. The van der Waals surface area contributed by atoms with Crippen LogP contribution in [0.25, 0.3) is 10.9 Å². The van der Waals surface area contributed by atoms with Crippen molar-refractivity contribution in [2.75, 3.05) is 0 Å². The second-order valence-electron chi connectivity index (χ2n) is 3.99. The molecule has 0 fully saturated rings. The average molecular weight is 247 g/mol. The first-order valence-electron chi connectivity index (χ1n) is 5.58. The van der Waals surface area contributed by atoms with Gasteiger partial charge in [0.15, 0.2) is 0 Å². The van der Waals surface area contributed by atoms with Gasteiger partial charge in [0.1, 0.15) is 12.3 Å². The van der Waals surface area contributed by atoms with Crippen molar-refractivity contribution in [1.29, 1.82) is 0 Å². The molecule has 94 valence electrons. The van der Waals surface area contributed by atoms with Crippen molar-refractivity contribution in [1.82, 2.24) is 4.57 Å². The smallest absolute Gasteiger partial charge is 0.341 e. The normalized spacial score (nSPS) is 10.8. The van der Waals surface area contributed by atoms with E-state index in [4.69, 9.17) is 5.11 Å². The van der Waals surface area contributed by atoms with Gasteiger partial charge in [-0.1, -0.05) is 13.0 Å². The first-order chi connectivity index (χ1) is 8.58. The van der Waals surface area contributed by atoms with Crippen molar-refractivity contribution in [2.45, 2.75) is 20.1 Å². The fraction of sp³-hybridized carbons (Fsp3) is 0.231. The summed E-state index contributed by atoms with van der Waals surface area (Å²) in [6, 6.07) is 5.25. The van der Waals surface area contributed by atoms with E-state index in [-0.39, 0.29) is 12.3 Å². The molecule has 2 aromatic rings. The van der Waals surface area contributed by atoms with E-state index >= 15 is 0 Å². The molecule has 0 saturated carbocycles. The Hall–Kier alpha value is -2.14. The fourth-order valence-corrected chi connectivity index (χ4v) is 1.93. The molecule has 5 heteroatoms.